The van der Waals surface area contributed by atoms with Crippen molar-refractivity contribution >= 4 is 23.9 Å². The summed E-state index contributed by atoms with van der Waals surface area (Å²) in [6, 6.07) is 7.30. The van der Waals surface area contributed by atoms with E-state index < -0.39 is 36.1 Å². The van der Waals surface area contributed by atoms with E-state index in [1.54, 1.807) is 19.1 Å². The number of carbonyl (C=O) groups excluding carboxylic acids is 4. The van der Waals surface area contributed by atoms with Crippen LogP contribution in [0.4, 0.5) is 4.79 Å². The lowest BCUT2D eigenvalue weighted by Gasteiger charge is -2.26. The molecule has 198 valence electrons. The highest BCUT2D eigenvalue weighted by atomic mass is 16.6. The molecule has 3 amide bonds. The van der Waals surface area contributed by atoms with Crippen molar-refractivity contribution in [1.29, 1.82) is 0 Å². The van der Waals surface area contributed by atoms with Gasteiger partial charge in [0.05, 0.1) is 18.6 Å². The van der Waals surface area contributed by atoms with Gasteiger partial charge in [-0.1, -0.05) is 56.3 Å². The minimum Gasteiger partial charge on any atom is -0.462 e. The summed E-state index contributed by atoms with van der Waals surface area (Å²) in [4.78, 5) is 50.3. The number of cyclic esters (lactones) is 1. The number of amides is 3. The van der Waals surface area contributed by atoms with Crippen LogP contribution >= 0.6 is 0 Å². The molecule has 2 rings (SSSR count). The van der Waals surface area contributed by atoms with Gasteiger partial charge in [-0.2, -0.15) is 0 Å². The molecule has 1 heterocycles. The summed E-state index contributed by atoms with van der Waals surface area (Å²) in [5.74, 6) is -1.99. The molecular formula is C26H37N3O7. The third kappa shape index (κ3) is 10.1. The number of aliphatic hydroxyl groups excluding tert-OH is 1. The van der Waals surface area contributed by atoms with Gasteiger partial charge in [0.15, 0.2) is 0 Å². The van der Waals surface area contributed by atoms with E-state index in [-0.39, 0.29) is 56.8 Å². The Hall–Kier alpha value is -3.40. The van der Waals surface area contributed by atoms with E-state index in [9.17, 15) is 19.2 Å². The number of rotatable bonds is 8. The van der Waals surface area contributed by atoms with E-state index in [0.29, 0.717) is 0 Å². The quantitative estimate of drug-likeness (QED) is 0.313. The predicted molar refractivity (Wildman–Crippen MR) is 132 cm³/mol. The fourth-order valence-electron chi connectivity index (χ4n) is 3.47. The van der Waals surface area contributed by atoms with Crippen LogP contribution in [0.15, 0.2) is 42.5 Å². The maximum absolute atomic E-state index is 12.9. The van der Waals surface area contributed by atoms with Gasteiger partial charge in [-0.25, -0.2) is 9.59 Å². The highest BCUT2D eigenvalue weighted by Gasteiger charge is 2.28. The zero-order valence-electron chi connectivity index (χ0n) is 21.1. The number of aliphatic hydroxyl groups is 1. The van der Waals surface area contributed by atoms with E-state index >= 15 is 0 Å². The Labute approximate surface area is 211 Å². The van der Waals surface area contributed by atoms with Gasteiger partial charge < -0.3 is 30.5 Å². The van der Waals surface area contributed by atoms with Crippen molar-refractivity contribution in [2.45, 2.75) is 64.8 Å². The first kappa shape index (κ1) is 28.8. The summed E-state index contributed by atoms with van der Waals surface area (Å²) in [7, 11) is 0. The van der Waals surface area contributed by atoms with Gasteiger partial charge in [-0.15, -0.1) is 0 Å². The zero-order valence-corrected chi connectivity index (χ0v) is 21.1. The lowest BCUT2D eigenvalue weighted by atomic mass is 9.96. The Bertz CT molecular complexity index is 904. The third-order valence-corrected chi connectivity index (χ3v) is 5.77. The molecule has 0 saturated carbocycles. The standard InChI is InChI=1S/C26H37N3O7/c1-17(2)22-16-35-25(33)21(29-26(34)36-15-19-9-5-4-6-10-19)12-8-7-11-20(24(32)28-22)13-23(31)27-18(3)14-30/h4-10,17-18,20-22,30H,11-16H2,1-3H3,(H,27,31)(H,28,32)(H,29,34). The average Bonchev–Trinajstić information content (AvgIpc) is 2.85. The van der Waals surface area contributed by atoms with Crippen molar-refractivity contribution < 1.29 is 33.8 Å². The minimum atomic E-state index is -0.973. The van der Waals surface area contributed by atoms with E-state index in [0.717, 1.165) is 5.56 Å². The maximum Gasteiger partial charge on any atom is 0.408 e. The van der Waals surface area contributed by atoms with Crippen LogP contribution in [-0.2, 0) is 30.5 Å². The molecule has 1 aliphatic heterocycles. The summed E-state index contributed by atoms with van der Waals surface area (Å²) in [5, 5.41) is 17.2. The lowest BCUT2D eigenvalue weighted by Crippen LogP contribution is -2.48. The monoisotopic (exact) mass is 503 g/mol. The molecule has 0 fully saturated rings. The van der Waals surface area contributed by atoms with Gasteiger partial charge in [-0.3, -0.25) is 9.59 Å². The van der Waals surface area contributed by atoms with Crippen LogP contribution in [-0.4, -0.2) is 60.3 Å². The molecule has 0 aromatic heterocycles. The highest BCUT2D eigenvalue weighted by Crippen LogP contribution is 2.15. The molecule has 1 aliphatic rings. The second kappa shape index (κ2) is 14.9. The van der Waals surface area contributed by atoms with Crippen LogP contribution in [0.5, 0.6) is 0 Å². The Morgan fingerprint density at radius 1 is 1.14 bits per heavy atom. The molecule has 4 atom stereocenters. The SMILES string of the molecule is CC(CO)NC(=O)CC1CC=CCC(NC(=O)OCc2ccccc2)C(=O)OCC(C(C)C)NC1=O. The minimum absolute atomic E-state index is 0.0497. The van der Waals surface area contributed by atoms with Crippen LogP contribution in [0.2, 0.25) is 0 Å². The van der Waals surface area contributed by atoms with E-state index in [1.807, 2.05) is 44.2 Å². The number of alkyl carbamates (subject to hydrolysis) is 1. The first-order valence-corrected chi connectivity index (χ1v) is 12.2. The predicted octanol–water partition coefficient (Wildman–Crippen LogP) is 1.82. The zero-order chi connectivity index (χ0) is 26.5. The average molecular weight is 504 g/mol. The fourth-order valence-corrected chi connectivity index (χ4v) is 3.47. The molecule has 0 bridgehead atoms. The van der Waals surface area contributed by atoms with Crippen LogP contribution in [0.3, 0.4) is 0 Å². The Morgan fingerprint density at radius 2 is 1.83 bits per heavy atom. The second-order valence-electron chi connectivity index (χ2n) is 9.24. The molecule has 4 N–H and O–H groups in total. The molecule has 0 aliphatic carbocycles. The summed E-state index contributed by atoms with van der Waals surface area (Å²) in [6.07, 6.45) is 2.96. The summed E-state index contributed by atoms with van der Waals surface area (Å²) < 4.78 is 10.7. The van der Waals surface area contributed by atoms with Crippen molar-refractivity contribution in [3.05, 3.63) is 48.0 Å². The van der Waals surface area contributed by atoms with E-state index in [4.69, 9.17) is 14.6 Å². The number of hydrogen-bond donors (Lipinski definition) is 4. The topological polar surface area (TPSA) is 143 Å². The third-order valence-electron chi connectivity index (χ3n) is 5.77. The number of nitrogens with one attached hydrogen (secondary N) is 3. The second-order valence-corrected chi connectivity index (χ2v) is 9.24. The number of esters is 1. The van der Waals surface area contributed by atoms with E-state index in [1.165, 1.54) is 0 Å². The molecule has 10 heteroatoms. The lowest BCUT2D eigenvalue weighted by molar-refractivity contribution is -0.148. The maximum atomic E-state index is 12.9. The molecule has 0 saturated heterocycles. The molecule has 0 spiro atoms. The van der Waals surface area contributed by atoms with Crippen LogP contribution in [0, 0.1) is 11.8 Å². The van der Waals surface area contributed by atoms with Crippen LogP contribution in [0.25, 0.3) is 0 Å². The smallest absolute Gasteiger partial charge is 0.408 e. The first-order valence-electron chi connectivity index (χ1n) is 12.2. The first-order chi connectivity index (χ1) is 17.2. The molecule has 10 nitrogen and oxygen atoms in total. The van der Waals surface area contributed by atoms with Crippen LogP contribution < -0.4 is 16.0 Å². The van der Waals surface area contributed by atoms with Crippen molar-refractivity contribution in [3.8, 4) is 0 Å². The number of hydrogen-bond acceptors (Lipinski definition) is 7. The fraction of sp³-hybridized carbons (Fsp3) is 0.538. The molecule has 1 aromatic rings. The number of benzene rings is 1. The van der Waals surface area contributed by atoms with Crippen molar-refractivity contribution in [2.24, 2.45) is 11.8 Å². The summed E-state index contributed by atoms with van der Waals surface area (Å²) >= 11 is 0. The van der Waals surface area contributed by atoms with Crippen molar-refractivity contribution in [1.82, 2.24) is 16.0 Å². The summed E-state index contributed by atoms with van der Waals surface area (Å²) in [5.41, 5.74) is 0.813. The number of ether oxygens (including phenoxy) is 2. The number of carbonyl (C=O) groups is 4. The van der Waals surface area contributed by atoms with Gasteiger partial charge >= 0.3 is 12.1 Å². The number of allylic oxidation sites excluding steroid dienone is 1. The molecular weight excluding hydrogens is 466 g/mol. The van der Waals surface area contributed by atoms with Crippen molar-refractivity contribution in [2.75, 3.05) is 13.2 Å². The Balaban J connectivity index is 2.08. The Morgan fingerprint density at radius 3 is 2.50 bits per heavy atom. The molecule has 36 heavy (non-hydrogen) atoms. The van der Waals surface area contributed by atoms with Gasteiger partial charge in [0.25, 0.3) is 0 Å². The summed E-state index contributed by atoms with van der Waals surface area (Å²) in [6.45, 7) is 5.21. The van der Waals surface area contributed by atoms with Crippen molar-refractivity contribution in [3.63, 3.8) is 0 Å². The molecule has 0 radical (unpaired) electrons. The van der Waals surface area contributed by atoms with Gasteiger partial charge in [-0.05, 0) is 31.2 Å². The van der Waals surface area contributed by atoms with E-state index in [2.05, 4.69) is 16.0 Å². The molecule has 4 unspecified atom stereocenters. The molecule has 1 aromatic carbocycles. The Kier molecular flexibility index (Phi) is 11.9. The van der Waals surface area contributed by atoms with Gasteiger partial charge in [0.2, 0.25) is 11.8 Å². The normalized spacial score (nSPS) is 21.9. The largest absolute Gasteiger partial charge is 0.462 e. The van der Waals surface area contributed by atoms with Gasteiger partial charge in [0, 0.05) is 12.5 Å². The highest BCUT2D eigenvalue weighted by molar-refractivity contribution is 5.86. The van der Waals surface area contributed by atoms with Gasteiger partial charge in [0.1, 0.15) is 19.3 Å². The van der Waals surface area contributed by atoms with Crippen LogP contribution in [0.1, 0.15) is 45.6 Å².